The van der Waals surface area contributed by atoms with Crippen molar-refractivity contribution >= 4 is 40.0 Å². The molecule has 2 aromatic carbocycles. The van der Waals surface area contributed by atoms with Crippen LogP contribution in [0.3, 0.4) is 0 Å². The maximum absolute atomic E-state index is 11.9. The number of nitrogens with zero attached hydrogens (tertiary/aromatic N) is 1. The Kier molecular flexibility index (Phi) is 7.39. The van der Waals surface area contributed by atoms with Crippen LogP contribution in [0.1, 0.15) is 24.5 Å². The highest BCUT2D eigenvalue weighted by Gasteiger charge is 2.07. The second-order valence-corrected chi connectivity index (χ2v) is 6.59. The minimum Gasteiger partial charge on any atom is -0.461 e. The fourth-order valence-electron chi connectivity index (χ4n) is 2.17. The molecule has 0 fully saturated rings. The predicted molar refractivity (Wildman–Crippen MR) is 104 cm³/mol. The molecule has 0 saturated carbocycles. The SMILES string of the molecule is CC(CC(=O)OCc1ccccc1)=Nc1ccc(CCO)cc1I. The fourth-order valence-corrected chi connectivity index (χ4v) is 2.87. The Hall–Kier alpha value is -1.73. The van der Waals surface area contributed by atoms with Crippen LogP contribution in [0, 0.1) is 3.57 Å². The number of aliphatic hydroxyl groups is 1. The summed E-state index contributed by atoms with van der Waals surface area (Å²) in [5.41, 5.74) is 3.57. The van der Waals surface area contributed by atoms with Gasteiger partial charge in [0, 0.05) is 15.9 Å². The molecule has 0 heterocycles. The van der Waals surface area contributed by atoms with E-state index >= 15 is 0 Å². The molecule has 0 aliphatic heterocycles. The Morgan fingerprint density at radius 3 is 2.58 bits per heavy atom. The average molecular weight is 437 g/mol. The third kappa shape index (κ3) is 6.05. The van der Waals surface area contributed by atoms with Crippen molar-refractivity contribution < 1.29 is 14.6 Å². The first-order valence-corrected chi connectivity index (χ1v) is 8.79. The molecule has 0 aliphatic carbocycles. The number of benzene rings is 2. The van der Waals surface area contributed by atoms with Crippen molar-refractivity contribution in [1.82, 2.24) is 0 Å². The first kappa shape index (κ1) is 18.6. The van der Waals surface area contributed by atoms with Crippen LogP contribution >= 0.6 is 22.6 Å². The molecule has 0 aromatic heterocycles. The maximum atomic E-state index is 11.9. The summed E-state index contributed by atoms with van der Waals surface area (Å²) in [6.45, 7) is 2.23. The molecule has 0 aliphatic rings. The lowest BCUT2D eigenvalue weighted by Crippen LogP contribution is -2.09. The third-order valence-electron chi connectivity index (χ3n) is 3.37. The lowest BCUT2D eigenvalue weighted by atomic mass is 10.1. The molecule has 126 valence electrons. The van der Waals surface area contributed by atoms with E-state index in [0.29, 0.717) is 12.1 Å². The fraction of sp³-hybridized carbons (Fsp3) is 0.263. The largest absolute Gasteiger partial charge is 0.461 e. The zero-order chi connectivity index (χ0) is 17.4. The zero-order valence-electron chi connectivity index (χ0n) is 13.5. The van der Waals surface area contributed by atoms with E-state index < -0.39 is 0 Å². The van der Waals surface area contributed by atoms with Crippen LogP contribution in [0.25, 0.3) is 0 Å². The van der Waals surface area contributed by atoms with E-state index in [1.165, 1.54) is 0 Å². The highest BCUT2D eigenvalue weighted by molar-refractivity contribution is 14.1. The highest BCUT2D eigenvalue weighted by Crippen LogP contribution is 2.23. The number of carbonyl (C=O) groups is 1. The lowest BCUT2D eigenvalue weighted by molar-refractivity contribution is -0.143. The van der Waals surface area contributed by atoms with Gasteiger partial charge < -0.3 is 9.84 Å². The van der Waals surface area contributed by atoms with E-state index in [4.69, 9.17) is 9.84 Å². The number of aliphatic hydroxyl groups excluding tert-OH is 1. The van der Waals surface area contributed by atoms with Crippen LogP contribution in [-0.4, -0.2) is 23.4 Å². The summed E-state index contributed by atoms with van der Waals surface area (Å²) >= 11 is 2.21. The monoisotopic (exact) mass is 437 g/mol. The molecule has 0 atom stereocenters. The van der Waals surface area contributed by atoms with Gasteiger partial charge in [-0.2, -0.15) is 0 Å². The van der Waals surface area contributed by atoms with Gasteiger partial charge in [0.1, 0.15) is 6.61 Å². The van der Waals surface area contributed by atoms with Gasteiger partial charge >= 0.3 is 5.97 Å². The molecule has 0 spiro atoms. The molecular weight excluding hydrogens is 417 g/mol. The van der Waals surface area contributed by atoms with E-state index in [0.717, 1.165) is 20.4 Å². The predicted octanol–water partition coefficient (Wildman–Crippen LogP) is 4.05. The van der Waals surface area contributed by atoms with Gasteiger partial charge in [0.15, 0.2) is 0 Å². The Bertz CT molecular complexity index is 714. The molecule has 0 amide bonds. The van der Waals surface area contributed by atoms with E-state index in [-0.39, 0.29) is 25.6 Å². The van der Waals surface area contributed by atoms with Crippen molar-refractivity contribution in [2.75, 3.05) is 6.61 Å². The van der Waals surface area contributed by atoms with E-state index in [2.05, 4.69) is 27.6 Å². The van der Waals surface area contributed by atoms with Crippen LogP contribution in [0.4, 0.5) is 5.69 Å². The molecule has 5 heteroatoms. The number of aliphatic imine (C=N–C) groups is 1. The van der Waals surface area contributed by atoms with Crippen LogP contribution in [-0.2, 0) is 22.6 Å². The van der Waals surface area contributed by atoms with E-state index in [1.807, 2.05) is 55.5 Å². The van der Waals surface area contributed by atoms with Gasteiger partial charge in [-0.1, -0.05) is 36.4 Å². The smallest absolute Gasteiger partial charge is 0.311 e. The number of rotatable bonds is 7. The minimum absolute atomic E-state index is 0.130. The summed E-state index contributed by atoms with van der Waals surface area (Å²) < 4.78 is 6.26. The first-order valence-electron chi connectivity index (χ1n) is 7.71. The van der Waals surface area contributed by atoms with Crippen molar-refractivity contribution in [2.45, 2.75) is 26.4 Å². The summed E-state index contributed by atoms with van der Waals surface area (Å²) in [5.74, 6) is -0.285. The number of hydrogen-bond acceptors (Lipinski definition) is 4. The molecule has 0 saturated heterocycles. The summed E-state index contributed by atoms with van der Waals surface area (Å²) in [4.78, 5) is 16.4. The second-order valence-electron chi connectivity index (χ2n) is 5.43. The minimum atomic E-state index is -0.285. The second kappa shape index (κ2) is 9.54. The summed E-state index contributed by atoms with van der Waals surface area (Å²) in [6.07, 6.45) is 0.798. The zero-order valence-corrected chi connectivity index (χ0v) is 15.7. The molecule has 2 aromatic rings. The van der Waals surface area contributed by atoms with Crippen molar-refractivity contribution in [3.05, 3.63) is 63.2 Å². The Morgan fingerprint density at radius 2 is 1.92 bits per heavy atom. The highest BCUT2D eigenvalue weighted by atomic mass is 127. The van der Waals surface area contributed by atoms with Gasteiger partial charge in [-0.3, -0.25) is 9.79 Å². The van der Waals surface area contributed by atoms with Crippen molar-refractivity contribution in [3.63, 3.8) is 0 Å². The Balaban J connectivity index is 1.92. The van der Waals surface area contributed by atoms with Gasteiger partial charge in [-0.25, -0.2) is 0 Å². The lowest BCUT2D eigenvalue weighted by Gasteiger charge is -2.06. The van der Waals surface area contributed by atoms with Crippen LogP contribution in [0.5, 0.6) is 0 Å². The van der Waals surface area contributed by atoms with Crippen molar-refractivity contribution in [3.8, 4) is 0 Å². The number of halogens is 1. The van der Waals surface area contributed by atoms with Gasteiger partial charge in [0.05, 0.1) is 12.1 Å². The molecule has 2 rings (SSSR count). The molecule has 0 unspecified atom stereocenters. The van der Waals surface area contributed by atoms with Crippen LogP contribution in [0.15, 0.2) is 53.5 Å². The van der Waals surface area contributed by atoms with Crippen molar-refractivity contribution in [2.24, 2.45) is 4.99 Å². The summed E-state index contributed by atoms with van der Waals surface area (Å²) in [5, 5.41) is 8.98. The van der Waals surface area contributed by atoms with E-state index in [1.54, 1.807) is 0 Å². The molecular formula is C19H20INO3. The molecule has 4 nitrogen and oxygen atoms in total. The Morgan fingerprint density at radius 1 is 1.17 bits per heavy atom. The van der Waals surface area contributed by atoms with Crippen molar-refractivity contribution in [1.29, 1.82) is 0 Å². The summed E-state index contributed by atoms with van der Waals surface area (Å²) in [6, 6.07) is 15.4. The standard InChI is InChI=1S/C19H20INO3/c1-14(11-19(23)24-13-16-5-3-2-4-6-16)21-18-8-7-15(9-10-22)12-17(18)20/h2-8,12,22H,9-11,13H2,1H3. The normalized spacial score (nSPS) is 11.4. The average Bonchev–Trinajstić information content (AvgIpc) is 2.57. The summed E-state index contributed by atoms with van der Waals surface area (Å²) in [7, 11) is 0. The van der Waals surface area contributed by atoms with Gasteiger partial charge in [-0.15, -0.1) is 0 Å². The van der Waals surface area contributed by atoms with E-state index in [9.17, 15) is 4.79 Å². The maximum Gasteiger partial charge on any atom is 0.311 e. The third-order valence-corrected chi connectivity index (χ3v) is 4.23. The Labute approximate surface area is 155 Å². The van der Waals surface area contributed by atoms with Crippen LogP contribution < -0.4 is 0 Å². The first-order chi connectivity index (χ1) is 11.6. The topological polar surface area (TPSA) is 58.9 Å². The number of ether oxygens (including phenoxy) is 1. The molecule has 1 N–H and O–H groups in total. The van der Waals surface area contributed by atoms with Gasteiger partial charge in [-0.05, 0) is 59.2 Å². The van der Waals surface area contributed by atoms with Crippen LogP contribution in [0.2, 0.25) is 0 Å². The number of hydrogen-bond donors (Lipinski definition) is 1. The molecule has 0 radical (unpaired) electrons. The number of esters is 1. The molecule has 24 heavy (non-hydrogen) atoms. The molecule has 0 bridgehead atoms. The number of carbonyl (C=O) groups excluding carboxylic acids is 1. The van der Waals surface area contributed by atoms with Gasteiger partial charge in [0.25, 0.3) is 0 Å². The van der Waals surface area contributed by atoms with Gasteiger partial charge in [0.2, 0.25) is 0 Å². The quantitative estimate of drug-likeness (QED) is 0.404.